The van der Waals surface area contributed by atoms with Gasteiger partial charge < -0.3 is 16.2 Å². The second-order valence-electron chi connectivity index (χ2n) is 4.55. The third-order valence-electron chi connectivity index (χ3n) is 3.13. The van der Waals surface area contributed by atoms with Crippen molar-refractivity contribution in [3.05, 3.63) is 28.8 Å². The van der Waals surface area contributed by atoms with Gasteiger partial charge in [0.1, 0.15) is 0 Å². The van der Waals surface area contributed by atoms with Crippen LogP contribution in [0.5, 0.6) is 0 Å². The van der Waals surface area contributed by atoms with Crippen LogP contribution in [0.15, 0.2) is 18.2 Å². The normalized spacial score (nSPS) is 14.0. The Morgan fingerprint density at radius 1 is 1.56 bits per heavy atom. The maximum absolute atomic E-state index is 12.1. The first-order valence-electron chi connectivity index (χ1n) is 5.91. The molecule has 1 amide bonds. The third kappa shape index (κ3) is 3.37. The van der Waals surface area contributed by atoms with Crippen LogP contribution in [0.1, 0.15) is 37.0 Å². The molecule has 0 saturated carbocycles. The lowest BCUT2D eigenvalue weighted by molar-refractivity contribution is 0.0886. The SMILES string of the molecule is CCC(C)(CCO)NC(=O)c1cccc(N)c1Cl. The molecular formula is C13H19ClN2O2. The lowest BCUT2D eigenvalue weighted by Crippen LogP contribution is -2.46. The summed E-state index contributed by atoms with van der Waals surface area (Å²) in [5, 5.41) is 12.2. The Balaban J connectivity index is 2.91. The lowest BCUT2D eigenvalue weighted by Gasteiger charge is -2.29. The van der Waals surface area contributed by atoms with E-state index >= 15 is 0 Å². The van der Waals surface area contributed by atoms with Gasteiger partial charge in [-0.05, 0) is 31.9 Å². The van der Waals surface area contributed by atoms with Crippen LogP contribution in [0.3, 0.4) is 0 Å². The number of amides is 1. The summed E-state index contributed by atoms with van der Waals surface area (Å²) in [6.07, 6.45) is 1.22. The minimum Gasteiger partial charge on any atom is -0.398 e. The molecule has 1 atom stereocenters. The monoisotopic (exact) mass is 270 g/mol. The molecule has 0 radical (unpaired) electrons. The molecule has 0 fully saturated rings. The van der Waals surface area contributed by atoms with E-state index in [1.165, 1.54) is 0 Å². The molecule has 1 rings (SSSR count). The number of nitrogen functional groups attached to an aromatic ring is 1. The van der Waals surface area contributed by atoms with E-state index in [4.69, 9.17) is 22.4 Å². The fourth-order valence-corrected chi connectivity index (χ4v) is 1.85. The van der Waals surface area contributed by atoms with Crippen LogP contribution in [0, 0.1) is 0 Å². The van der Waals surface area contributed by atoms with Crippen molar-refractivity contribution in [2.45, 2.75) is 32.2 Å². The molecule has 0 aromatic heterocycles. The van der Waals surface area contributed by atoms with Gasteiger partial charge in [-0.25, -0.2) is 0 Å². The van der Waals surface area contributed by atoms with Gasteiger partial charge in [-0.3, -0.25) is 4.79 Å². The highest BCUT2D eigenvalue weighted by molar-refractivity contribution is 6.36. The van der Waals surface area contributed by atoms with Crippen LogP contribution in [-0.2, 0) is 0 Å². The van der Waals surface area contributed by atoms with Gasteiger partial charge in [0.15, 0.2) is 0 Å². The van der Waals surface area contributed by atoms with Gasteiger partial charge in [-0.1, -0.05) is 24.6 Å². The van der Waals surface area contributed by atoms with Crippen LogP contribution in [-0.4, -0.2) is 23.2 Å². The van der Waals surface area contributed by atoms with E-state index in [-0.39, 0.29) is 17.5 Å². The Morgan fingerprint density at radius 2 is 2.22 bits per heavy atom. The summed E-state index contributed by atoms with van der Waals surface area (Å²) in [5.41, 5.74) is 5.95. The molecule has 4 N–H and O–H groups in total. The second kappa shape index (κ2) is 6.07. The molecule has 18 heavy (non-hydrogen) atoms. The third-order valence-corrected chi connectivity index (χ3v) is 3.55. The molecular weight excluding hydrogens is 252 g/mol. The minimum atomic E-state index is -0.445. The molecule has 5 heteroatoms. The van der Waals surface area contributed by atoms with E-state index in [1.54, 1.807) is 18.2 Å². The van der Waals surface area contributed by atoms with Crippen LogP contribution in [0.4, 0.5) is 5.69 Å². The van der Waals surface area contributed by atoms with Crippen molar-refractivity contribution in [3.8, 4) is 0 Å². The Kier molecular flexibility index (Phi) is 4.99. The zero-order valence-corrected chi connectivity index (χ0v) is 11.4. The van der Waals surface area contributed by atoms with Gasteiger partial charge in [0.25, 0.3) is 5.91 Å². The summed E-state index contributed by atoms with van der Waals surface area (Å²) in [6.45, 7) is 3.87. The van der Waals surface area contributed by atoms with Gasteiger partial charge in [0.2, 0.25) is 0 Å². The number of aliphatic hydroxyl groups is 1. The number of rotatable bonds is 5. The number of carbonyl (C=O) groups excluding carboxylic acids is 1. The number of nitrogens with one attached hydrogen (secondary N) is 1. The number of halogens is 1. The number of hydrogen-bond acceptors (Lipinski definition) is 3. The highest BCUT2D eigenvalue weighted by atomic mass is 35.5. The first-order valence-corrected chi connectivity index (χ1v) is 6.28. The van der Waals surface area contributed by atoms with Gasteiger partial charge in [0.05, 0.1) is 16.3 Å². The molecule has 0 heterocycles. The quantitative estimate of drug-likeness (QED) is 0.718. The Morgan fingerprint density at radius 3 is 2.78 bits per heavy atom. The number of nitrogens with two attached hydrogens (primary N) is 1. The smallest absolute Gasteiger partial charge is 0.253 e. The number of benzene rings is 1. The summed E-state index contributed by atoms with van der Waals surface area (Å²) in [4.78, 5) is 12.1. The molecule has 100 valence electrons. The Hall–Kier alpha value is -1.26. The van der Waals surface area contributed by atoms with E-state index in [1.807, 2.05) is 13.8 Å². The van der Waals surface area contributed by atoms with Gasteiger partial charge in [-0.15, -0.1) is 0 Å². The zero-order valence-electron chi connectivity index (χ0n) is 10.7. The van der Waals surface area contributed by atoms with Gasteiger partial charge >= 0.3 is 0 Å². The molecule has 1 unspecified atom stereocenters. The van der Waals surface area contributed by atoms with Crippen LogP contribution >= 0.6 is 11.6 Å². The Labute approximate surface area is 112 Å². The average Bonchev–Trinajstić information content (AvgIpc) is 2.32. The molecule has 0 saturated heterocycles. The van der Waals surface area contributed by atoms with Crippen molar-refractivity contribution in [1.82, 2.24) is 5.32 Å². The van der Waals surface area contributed by atoms with Crippen molar-refractivity contribution in [2.24, 2.45) is 0 Å². The molecule has 0 bridgehead atoms. The molecule has 4 nitrogen and oxygen atoms in total. The molecule has 0 aliphatic heterocycles. The van der Waals surface area contributed by atoms with E-state index in [9.17, 15) is 4.79 Å². The summed E-state index contributed by atoms with van der Waals surface area (Å²) in [7, 11) is 0. The van der Waals surface area contributed by atoms with E-state index in [0.29, 0.717) is 17.7 Å². The predicted molar refractivity (Wildman–Crippen MR) is 73.7 cm³/mol. The van der Waals surface area contributed by atoms with Crippen molar-refractivity contribution in [2.75, 3.05) is 12.3 Å². The molecule has 0 spiro atoms. The highest BCUT2D eigenvalue weighted by Crippen LogP contribution is 2.24. The highest BCUT2D eigenvalue weighted by Gasteiger charge is 2.25. The first kappa shape index (κ1) is 14.8. The number of carbonyl (C=O) groups is 1. The molecule has 0 aliphatic rings. The molecule has 1 aromatic carbocycles. The molecule has 0 aliphatic carbocycles. The number of hydrogen-bond donors (Lipinski definition) is 3. The summed E-state index contributed by atoms with van der Waals surface area (Å²) >= 11 is 6.00. The van der Waals surface area contributed by atoms with Crippen LogP contribution < -0.4 is 11.1 Å². The number of anilines is 1. The van der Waals surface area contributed by atoms with E-state index < -0.39 is 5.54 Å². The maximum atomic E-state index is 12.1. The van der Waals surface area contributed by atoms with Crippen molar-refractivity contribution < 1.29 is 9.90 Å². The average molecular weight is 271 g/mol. The first-order chi connectivity index (χ1) is 8.43. The summed E-state index contributed by atoms with van der Waals surface area (Å²) in [5.74, 6) is -0.273. The minimum absolute atomic E-state index is 0.0231. The topological polar surface area (TPSA) is 75.3 Å². The van der Waals surface area contributed by atoms with Crippen LogP contribution in [0.25, 0.3) is 0 Å². The lowest BCUT2D eigenvalue weighted by atomic mass is 9.94. The fourth-order valence-electron chi connectivity index (χ4n) is 1.64. The summed E-state index contributed by atoms with van der Waals surface area (Å²) in [6, 6.07) is 4.96. The summed E-state index contributed by atoms with van der Waals surface area (Å²) < 4.78 is 0. The standard InChI is InChI=1S/C13H19ClN2O2/c1-3-13(2,7-8-17)16-12(18)9-5-4-6-10(15)11(9)14/h4-6,17H,3,7-8,15H2,1-2H3,(H,16,18). The van der Waals surface area contributed by atoms with Crippen LogP contribution in [0.2, 0.25) is 5.02 Å². The maximum Gasteiger partial charge on any atom is 0.253 e. The second-order valence-corrected chi connectivity index (χ2v) is 4.93. The van der Waals surface area contributed by atoms with Gasteiger partial charge in [-0.2, -0.15) is 0 Å². The van der Waals surface area contributed by atoms with Crippen molar-refractivity contribution in [1.29, 1.82) is 0 Å². The van der Waals surface area contributed by atoms with E-state index in [0.717, 1.165) is 6.42 Å². The van der Waals surface area contributed by atoms with E-state index in [2.05, 4.69) is 5.32 Å². The zero-order chi connectivity index (χ0) is 13.8. The Bertz CT molecular complexity index is 437. The fraction of sp³-hybridized carbons (Fsp3) is 0.462. The molecule has 1 aromatic rings. The van der Waals surface area contributed by atoms with Crippen molar-refractivity contribution in [3.63, 3.8) is 0 Å². The predicted octanol–water partition coefficient (Wildman–Crippen LogP) is 2.20. The van der Waals surface area contributed by atoms with Crippen molar-refractivity contribution >= 4 is 23.2 Å². The number of aliphatic hydroxyl groups excluding tert-OH is 1. The van der Waals surface area contributed by atoms with Gasteiger partial charge in [0, 0.05) is 12.1 Å². The largest absolute Gasteiger partial charge is 0.398 e.